The Morgan fingerprint density at radius 2 is 2.29 bits per heavy atom. The highest BCUT2D eigenvalue weighted by Gasteiger charge is 2.19. The molecule has 2 rings (SSSR count). The van der Waals surface area contributed by atoms with Crippen molar-refractivity contribution in [1.29, 1.82) is 0 Å². The van der Waals surface area contributed by atoms with E-state index in [1.165, 1.54) is 0 Å². The molecule has 0 saturated heterocycles. The number of aryl methyl sites for hydroxylation is 1. The Morgan fingerprint density at radius 1 is 1.47 bits per heavy atom. The Kier molecular flexibility index (Phi) is 3.76. The van der Waals surface area contributed by atoms with Gasteiger partial charge in [0.15, 0.2) is 0 Å². The van der Waals surface area contributed by atoms with Crippen LogP contribution < -0.4 is 5.32 Å². The van der Waals surface area contributed by atoms with E-state index in [2.05, 4.69) is 22.2 Å². The van der Waals surface area contributed by atoms with E-state index in [-0.39, 0.29) is 6.04 Å². The molecule has 0 saturated carbocycles. The van der Waals surface area contributed by atoms with E-state index in [9.17, 15) is 0 Å². The maximum absolute atomic E-state index is 6.18. The van der Waals surface area contributed by atoms with Crippen LogP contribution in [0.5, 0.6) is 0 Å². The summed E-state index contributed by atoms with van der Waals surface area (Å²) in [6.07, 6.45) is 7.11. The average molecular weight is 251 g/mol. The molecule has 17 heavy (non-hydrogen) atoms. The first-order chi connectivity index (χ1) is 8.24. The highest BCUT2D eigenvalue weighted by atomic mass is 35.5. The minimum Gasteiger partial charge on any atom is -0.336 e. The molecule has 0 aliphatic heterocycles. The number of aromatic nitrogens is 3. The number of hydrogen-bond donors (Lipinski definition) is 1. The van der Waals surface area contributed by atoms with Crippen LogP contribution in [0.3, 0.4) is 0 Å². The summed E-state index contributed by atoms with van der Waals surface area (Å²) < 4.78 is 1.99. The maximum Gasteiger partial charge on any atom is 0.130 e. The van der Waals surface area contributed by atoms with E-state index in [1.54, 1.807) is 18.6 Å². The van der Waals surface area contributed by atoms with Crippen molar-refractivity contribution in [2.45, 2.75) is 13.0 Å². The van der Waals surface area contributed by atoms with Crippen LogP contribution in [0.1, 0.15) is 24.4 Å². The molecular weight excluding hydrogens is 236 g/mol. The highest BCUT2D eigenvalue weighted by molar-refractivity contribution is 6.31. The van der Waals surface area contributed by atoms with Gasteiger partial charge in [0.2, 0.25) is 0 Å². The standard InChI is InChI=1S/C12H15ClN4/c1-3-15-11(12-16-6-7-17(12)2)9-4-5-14-8-10(9)13/h4-8,11,15H,3H2,1-2H3. The maximum atomic E-state index is 6.18. The quantitative estimate of drug-likeness (QED) is 0.904. The van der Waals surface area contributed by atoms with Crippen molar-refractivity contribution in [1.82, 2.24) is 19.9 Å². The van der Waals surface area contributed by atoms with Gasteiger partial charge < -0.3 is 9.88 Å². The van der Waals surface area contributed by atoms with Crippen molar-refractivity contribution in [3.8, 4) is 0 Å². The fourth-order valence-corrected chi connectivity index (χ4v) is 2.05. The van der Waals surface area contributed by atoms with Gasteiger partial charge in [-0.3, -0.25) is 4.98 Å². The van der Waals surface area contributed by atoms with Crippen LogP contribution in [0.4, 0.5) is 0 Å². The molecule has 1 unspecified atom stereocenters. The molecule has 2 aromatic heterocycles. The molecule has 5 heteroatoms. The van der Waals surface area contributed by atoms with Crippen molar-refractivity contribution in [2.24, 2.45) is 7.05 Å². The number of nitrogens with one attached hydrogen (secondary N) is 1. The molecule has 0 spiro atoms. The first-order valence-corrected chi connectivity index (χ1v) is 5.91. The first kappa shape index (κ1) is 12.1. The summed E-state index contributed by atoms with van der Waals surface area (Å²) >= 11 is 6.18. The summed E-state index contributed by atoms with van der Waals surface area (Å²) in [5, 5.41) is 4.04. The smallest absolute Gasteiger partial charge is 0.130 e. The molecular formula is C12H15ClN4. The number of pyridine rings is 1. The molecule has 90 valence electrons. The van der Waals surface area contributed by atoms with E-state index in [4.69, 9.17) is 11.6 Å². The molecule has 0 radical (unpaired) electrons. The van der Waals surface area contributed by atoms with Crippen molar-refractivity contribution in [3.05, 3.63) is 47.3 Å². The molecule has 0 aliphatic rings. The van der Waals surface area contributed by atoms with Crippen LogP contribution in [0.25, 0.3) is 0 Å². The monoisotopic (exact) mass is 250 g/mol. The Bertz CT molecular complexity index is 495. The van der Waals surface area contributed by atoms with Crippen LogP contribution in [0, 0.1) is 0 Å². The molecule has 0 aromatic carbocycles. The zero-order valence-corrected chi connectivity index (χ0v) is 10.6. The normalized spacial score (nSPS) is 12.6. The second-order valence-corrected chi connectivity index (χ2v) is 4.19. The summed E-state index contributed by atoms with van der Waals surface area (Å²) in [6.45, 7) is 2.90. The van der Waals surface area contributed by atoms with E-state index in [1.807, 2.05) is 23.9 Å². The largest absolute Gasteiger partial charge is 0.336 e. The molecule has 1 atom stereocenters. The lowest BCUT2D eigenvalue weighted by molar-refractivity contribution is 0.577. The van der Waals surface area contributed by atoms with E-state index >= 15 is 0 Å². The van der Waals surface area contributed by atoms with Gasteiger partial charge in [-0.15, -0.1) is 0 Å². The minimum absolute atomic E-state index is 0.00417. The van der Waals surface area contributed by atoms with E-state index in [0.717, 1.165) is 17.9 Å². The van der Waals surface area contributed by atoms with Gasteiger partial charge in [0, 0.05) is 31.8 Å². The molecule has 2 aromatic rings. The summed E-state index contributed by atoms with van der Waals surface area (Å²) in [5.41, 5.74) is 0.998. The van der Waals surface area contributed by atoms with Gasteiger partial charge in [0.05, 0.1) is 11.1 Å². The fraction of sp³-hybridized carbons (Fsp3) is 0.333. The third kappa shape index (κ3) is 2.48. The second kappa shape index (κ2) is 5.29. The van der Waals surface area contributed by atoms with Crippen LogP contribution in [0.2, 0.25) is 5.02 Å². The third-order valence-electron chi connectivity index (χ3n) is 2.64. The van der Waals surface area contributed by atoms with Crippen molar-refractivity contribution < 1.29 is 0 Å². The third-order valence-corrected chi connectivity index (χ3v) is 2.96. The Morgan fingerprint density at radius 3 is 2.88 bits per heavy atom. The Balaban J connectivity index is 2.43. The number of rotatable bonds is 4. The molecule has 2 heterocycles. The Labute approximate surface area is 106 Å². The lowest BCUT2D eigenvalue weighted by atomic mass is 10.1. The summed E-state index contributed by atoms with van der Waals surface area (Å²) in [7, 11) is 1.97. The predicted molar refractivity (Wildman–Crippen MR) is 68.0 cm³/mol. The van der Waals surface area contributed by atoms with Crippen LogP contribution in [0.15, 0.2) is 30.9 Å². The highest BCUT2D eigenvalue weighted by Crippen LogP contribution is 2.26. The van der Waals surface area contributed by atoms with Crippen molar-refractivity contribution in [3.63, 3.8) is 0 Å². The Hall–Kier alpha value is -1.39. The van der Waals surface area contributed by atoms with Gasteiger partial charge in [-0.1, -0.05) is 18.5 Å². The number of hydrogen-bond acceptors (Lipinski definition) is 3. The lowest BCUT2D eigenvalue weighted by Crippen LogP contribution is -2.25. The van der Waals surface area contributed by atoms with Crippen molar-refractivity contribution >= 4 is 11.6 Å². The summed E-state index contributed by atoms with van der Waals surface area (Å²) in [6, 6.07) is 1.92. The van der Waals surface area contributed by atoms with Gasteiger partial charge >= 0.3 is 0 Å². The van der Waals surface area contributed by atoms with Gasteiger partial charge in [-0.05, 0) is 18.2 Å². The predicted octanol–water partition coefficient (Wildman–Crippen LogP) is 2.17. The van der Waals surface area contributed by atoms with Crippen LogP contribution in [-0.4, -0.2) is 21.1 Å². The molecule has 0 fully saturated rings. The number of imidazole rings is 1. The van der Waals surface area contributed by atoms with E-state index < -0.39 is 0 Å². The minimum atomic E-state index is -0.00417. The zero-order chi connectivity index (χ0) is 12.3. The SMILES string of the molecule is CCNC(c1ccncc1Cl)c1nccn1C. The van der Waals surface area contributed by atoms with Crippen LogP contribution in [-0.2, 0) is 7.05 Å². The van der Waals surface area contributed by atoms with Gasteiger partial charge in [-0.25, -0.2) is 4.98 Å². The fourth-order valence-electron chi connectivity index (χ4n) is 1.82. The molecule has 0 amide bonds. The lowest BCUT2D eigenvalue weighted by Gasteiger charge is -2.18. The van der Waals surface area contributed by atoms with Crippen LogP contribution >= 0.6 is 11.6 Å². The van der Waals surface area contributed by atoms with E-state index in [0.29, 0.717) is 5.02 Å². The number of nitrogens with zero attached hydrogens (tertiary/aromatic N) is 3. The molecule has 4 nitrogen and oxygen atoms in total. The topological polar surface area (TPSA) is 42.7 Å². The van der Waals surface area contributed by atoms with Crippen molar-refractivity contribution in [2.75, 3.05) is 6.54 Å². The molecule has 0 aliphatic carbocycles. The summed E-state index contributed by atoms with van der Waals surface area (Å²) in [4.78, 5) is 8.38. The first-order valence-electron chi connectivity index (χ1n) is 5.54. The number of halogens is 1. The van der Waals surface area contributed by atoms with Gasteiger partial charge in [0.1, 0.15) is 5.82 Å². The molecule has 0 bridgehead atoms. The average Bonchev–Trinajstić information content (AvgIpc) is 2.74. The van der Waals surface area contributed by atoms with Gasteiger partial charge in [0.25, 0.3) is 0 Å². The molecule has 1 N–H and O–H groups in total. The van der Waals surface area contributed by atoms with Gasteiger partial charge in [-0.2, -0.15) is 0 Å². The summed E-state index contributed by atoms with van der Waals surface area (Å²) in [5.74, 6) is 0.944. The zero-order valence-electron chi connectivity index (χ0n) is 9.89. The second-order valence-electron chi connectivity index (χ2n) is 3.78.